The smallest absolute Gasteiger partial charge is 0.294 e. The number of rotatable bonds is 25. The van der Waals surface area contributed by atoms with Crippen molar-refractivity contribution in [3.05, 3.63) is 101 Å². The highest BCUT2D eigenvalue weighted by Gasteiger charge is 2.46. The summed E-state index contributed by atoms with van der Waals surface area (Å²) in [6.07, 6.45) is 13.8. The maximum absolute atomic E-state index is 12.8. The number of aromatic nitrogens is 1. The first-order valence-electron chi connectivity index (χ1n) is 22.1. The van der Waals surface area contributed by atoms with E-state index in [1.807, 2.05) is 20.8 Å². The van der Waals surface area contributed by atoms with Gasteiger partial charge in [0.25, 0.3) is 46.4 Å². The third kappa shape index (κ3) is 14.6. The fraction of sp³-hybridized carbons (Fsp3) is 0.435. The van der Waals surface area contributed by atoms with Crippen LogP contribution in [0.25, 0.3) is 0 Å². The molecule has 3 aromatic rings. The number of carbonyl (C=O) groups is 2. The normalized spacial score (nSPS) is 17.5. The summed E-state index contributed by atoms with van der Waals surface area (Å²) in [4.78, 5) is 30.6. The van der Waals surface area contributed by atoms with Crippen LogP contribution in [0.4, 0.5) is 11.4 Å². The molecule has 0 spiro atoms. The summed E-state index contributed by atoms with van der Waals surface area (Å²) in [7, 11) is -18.0. The summed E-state index contributed by atoms with van der Waals surface area (Å²) in [6, 6.07) is 11.4. The van der Waals surface area contributed by atoms with Crippen molar-refractivity contribution in [2.24, 2.45) is 0 Å². The number of anilines is 1. The van der Waals surface area contributed by atoms with Crippen molar-refractivity contribution in [2.75, 3.05) is 49.2 Å². The summed E-state index contributed by atoms with van der Waals surface area (Å²) in [6.45, 7) is 6.29. The summed E-state index contributed by atoms with van der Waals surface area (Å²) >= 11 is 0. The van der Waals surface area contributed by atoms with Crippen LogP contribution < -0.4 is 15.5 Å². The minimum Gasteiger partial charge on any atom is -0.363 e. The minimum absolute atomic E-state index is 0.0160. The molecule has 5 rings (SSSR count). The number of nitrogens with one attached hydrogen (secondary N) is 2. The van der Waals surface area contributed by atoms with Crippen LogP contribution in [-0.2, 0) is 67.4 Å². The van der Waals surface area contributed by atoms with E-state index in [4.69, 9.17) is 11.2 Å². The van der Waals surface area contributed by atoms with Gasteiger partial charge in [0.15, 0.2) is 5.71 Å². The van der Waals surface area contributed by atoms with Gasteiger partial charge in [-0.1, -0.05) is 24.8 Å². The molecule has 2 aliphatic heterocycles. The first kappa shape index (κ1) is 55.6. The van der Waals surface area contributed by atoms with Crippen molar-refractivity contribution in [3.8, 4) is 12.3 Å². The van der Waals surface area contributed by atoms with Crippen molar-refractivity contribution in [3.63, 3.8) is 0 Å². The summed E-state index contributed by atoms with van der Waals surface area (Å²) in [5, 5.41) is 5.51. The second kappa shape index (κ2) is 22.8. The van der Waals surface area contributed by atoms with Gasteiger partial charge in [0.1, 0.15) is 13.2 Å². The fourth-order valence-corrected chi connectivity index (χ4v) is 10.7. The number of amides is 2. The SMILES string of the molecule is C#CCOCc1ccc(C(=O)NCCNC(=O)CCCCCC2(C)C(=CC=CC3=[N+](CCCS(=O)(=O)O)c4ccc(S(=O)(=O)O)cc4C3(C)C)N(CCCS(=O)(=O)O)c3ccc(S(=O)(=O)O)cc32)cn1. The van der Waals surface area contributed by atoms with Gasteiger partial charge in [0.05, 0.1) is 44.6 Å². The molecule has 0 bridgehead atoms. The van der Waals surface area contributed by atoms with Crippen molar-refractivity contribution < 1.29 is 70.8 Å². The molecule has 380 valence electrons. The van der Waals surface area contributed by atoms with Gasteiger partial charge >= 0.3 is 0 Å². The molecule has 0 fully saturated rings. The first-order valence-corrected chi connectivity index (χ1v) is 28.2. The molecule has 6 N–H and O–H groups in total. The van der Waals surface area contributed by atoms with Crippen LogP contribution in [0.5, 0.6) is 0 Å². The van der Waals surface area contributed by atoms with Crippen molar-refractivity contribution >= 4 is 69.4 Å². The maximum Gasteiger partial charge on any atom is 0.294 e. The number of hydrogen-bond acceptors (Lipinski definition) is 13. The molecular formula is C46H58N5O15S4+. The van der Waals surface area contributed by atoms with Gasteiger partial charge in [-0.3, -0.25) is 32.8 Å². The van der Waals surface area contributed by atoms with E-state index in [0.717, 1.165) is 0 Å². The minimum atomic E-state index is -4.68. The lowest BCUT2D eigenvalue weighted by molar-refractivity contribution is -0.437. The topological polar surface area (TPSA) is 304 Å². The van der Waals surface area contributed by atoms with Crippen LogP contribution in [-0.4, -0.2) is 123 Å². The van der Waals surface area contributed by atoms with E-state index in [9.17, 15) is 61.5 Å². The number of nitrogens with zero attached hydrogens (tertiary/aromatic N) is 3. The third-order valence-corrected chi connectivity index (χ3v) is 15.4. The van der Waals surface area contributed by atoms with E-state index in [1.54, 1.807) is 39.8 Å². The number of fused-ring (bicyclic) bond motifs is 2. The average Bonchev–Trinajstić information content (AvgIpc) is 3.62. The number of carbonyl (C=O) groups excluding carboxylic acids is 2. The van der Waals surface area contributed by atoms with Crippen molar-refractivity contribution in [1.82, 2.24) is 15.6 Å². The standard InChI is InChI=1S/C46H57N5O15S4/c1-5-26-66-32-34-16-15-33(31-49-34)44(53)48-23-22-47-43(52)14-7-6-8-21-46(4)38-30-36(70(63,64)65)18-20-40(38)51(25-11-28-68(57,58)59)42(46)13-9-12-41-45(2,3)37-29-35(69(60,61)62)17-19-39(37)50(41)24-10-27-67(54,55)56/h1,9,12-13,15-20,29-31H,6-8,10-11,14,21-28,32H2,2-4H3,(H5-,47,48,52,53,54,55,56,57,58,59,60,61,62,63,64,65)/p+1. The molecule has 0 radical (unpaired) electrons. The molecule has 1 aromatic heterocycles. The Morgan fingerprint density at radius 2 is 1.46 bits per heavy atom. The van der Waals surface area contributed by atoms with E-state index in [0.29, 0.717) is 70.9 Å². The van der Waals surface area contributed by atoms with Gasteiger partial charge in [0, 0.05) is 73.2 Å². The number of ether oxygens (including phenoxy) is 1. The molecule has 2 aromatic carbocycles. The van der Waals surface area contributed by atoms with Crippen molar-refractivity contribution in [1.29, 1.82) is 0 Å². The Morgan fingerprint density at radius 1 is 0.814 bits per heavy atom. The molecule has 0 aliphatic carbocycles. The second-order valence-electron chi connectivity index (χ2n) is 17.5. The second-order valence-corrected chi connectivity index (χ2v) is 23.5. The molecular weight excluding hydrogens is 991 g/mol. The summed E-state index contributed by atoms with van der Waals surface area (Å²) in [5.41, 5.74) is 2.22. The van der Waals surface area contributed by atoms with Crippen LogP contribution in [0.1, 0.15) is 92.9 Å². The monoisotopic (exact) mass is 1050 g/mol. The van der Waals surface area contributed by atoms with Crippen LogP contribution in [0.3, 0.4) is 0 Å². The number of allylic oxidation sites excluding steroid dienone is 4. The Morgan fingerprint density at radius 3 is 2.09 bits per heavy atom. The highest BCUT2D eigenvalue weighted by Crippen LogP contribution is 2.51. The van der Waals surface area contributed by atoms with Gasteiger partial charge in [-0.2, -0.15) is 38.2 Å². The lowest BCUT2D eigenvalue weighted by Gasteiger charge is -2.30. The van der Waals surface area contributed by atoms with E-state index >= 15 is 0 Å². The largest absolute Gasteiger partial charge is 0.363 e. The molecule has 0 saturated heterocycles. The number of terminal acetylenes is 1. The van der Waals surface area contributed by atoms with E-state index in [2.05, 4.69) is 21.5 Å². The Hall–Kier alpha value is -5.36. The van der Waals surface area contributed by atoms with Crippen LogP contribution in [0.15, 0.2) is 88.4 Å². The van der Waals surface area contributed by atoms with Gasteiger partial charge in [-0.25, -0.2) is 0 Å². The Labute approximate surface area is 409 Å². The fourth-order valence-electron chi connectivity index (χ4n) is 8.66. The first-order chi connectivity index (χ1) is 32.7. The molecule has 70 heavy (non-hydrogen) atoms. The van der Waals surface area contributed by atoms with Gasteiger partial charge in [0.2, 0.25) is 11.6 Å². The number of unbranched alkanes of at least 4 members (excludes halogenated alkanes) is 2. The molecule has 1 atom stereocenters. The van der Waals surface area contributed by atoms with Crippen LogP contribution in [0, 0.1) is 12.3 Å². The molecule has 3 heterocycles. The molecule has 2 amide bonds. The van der Waals surface area contributed by atoms with E-state index < -0.39 is 62.8 Å². The zero-order valence-electron chi connectivity index (χ0n) is 38.9. The predicted octanol–water partition coefficient (Wildman–Crippen LogP) is 4.37. The summed E-state index contributed by atoms with van der Waals surface area (Å²) < 4.78 is 142. The molecule has 20 nitrogen and oxygen atoms in total. The lowest BCUT2D eigenvalue weighted by atomic mass is 9.77. The average molecular weight is 1050 g/mol. The highest BCUT2D eigenvalue weighted by atomic mass is 32.2. The Kier molecular flexibility index (Phi) is 18.1. The highest BCUT2D eigenvalue weighted by molar-refractivity contribution is 7.86. The van der Waals surface area contributed by atoms with E-state index in [-0.39, 0.29) is 80.3 Å². The summed E-state index contributed by atoms with van der Waals surface area (Å²) in [5.74, 6) is 0.603. The van der Waals surface area contributed by atoms with Gasteiger partial charge < -0.3 is 20.3 Å². The zero-order valence-corrected chi connectivity index (χ0v) is 42.1. The number of hydrogen-bond donors (Lipinski definition) is 6. The van der Waals surface area contributed by atoms with Gasteiger partial charge in [-0.15, -0.1) is 6.42 Å². The van der Waals surface area contributed by atoms with Crippen LogP contribution in [0.2, 0.25) is 0 Å². The van der Waals surface area contributed by atoms with Crippen LogP contribution >= 0.6 is 0 Å². The molecule has 1 unspecified atom stereocenters. The predicted molar refractivity (Wildman–Crippen MR) is 260 cm³/mol. The number of benzene rings is 2. The Balaban J connectivity index is 1.37. The quantitative estimate of drug-likeness (QED) is 0.0297. The lowest BCUT2D eigenvalue weighted by Crippen LogP contribution is -2.34. The van der Waals surface area contributed by atoms with Crippen molar-refractivity contribution in [2.45, 2.75) is 92.9 Å². The molecule has 0 saturated carbocycles. The third-order valence-electron chi connectivity index (χ3n) is 12.1. The molecule has 2 aliphatic rings. The van der Waals surface area contributed by atoms with Gasteiger partial charge in [-0.05, 0) is 94.1 Å². The number of pyridine rings is 1. The Bertz CT molecular complexity index is 3060. The zero-order chi connectivity index (χ0) is 51.7. The molecule has 24 heteroatoms. The van der Waals surface area contributed by atoms with E-state index in [1.165, 1.54) is 42.6 Å². The maximum atomic E-state index is 12.8.